The van der Waals surface area contributed by atoms with E-state index in [-0.39, 0.29) is 22.2 Å². The second-order valence-electron chi connectivity index (χ2n) is 6.87. The second-order valence-corrected chi connectivity index (χ2v) is 8.47. The number of carboxylic acids is 1. The van der Waals surface area contributed by atoms with Gasteiger partial charge in [0.2, 0.25) is 5.91 Å². The third kappa shape index (κ3) is 6.21. The number of aromatic carboxylic acids is 1. The summed E-state index contributed by atoms with van der Waals surface area (Å²) in [6.45, 7) is 6.03. The Morgan fingerprint density at radius 3 is 2.62 bits per heavy atom. The molecule has 8 heteroatoms. The van der Waals surface area contributed by atoms with E-state index in [1.54, 1.807) is 6.07 Å². The van der Waals surface area contributed by atoms with Crippen LogP contribution >= 0.6 is 23.4 Å². The minimum atomic E-state index is -1.11. The number of aromatic nitrogens is 1. The van der Waals surface area contributed by atoms with Gasteiger partial charge in [0.15, 0.2) is 0 Å². The molecule has 1 heterocycles. The van der Waals surface area contributed by atoms with E-state index in [4.69, 9.17) is 16.7 Å². The number of nitrogens with one attached hydrogen (secondary N) is 1. The number of carboxylic acid groups (broad SMARTS) is 1. The van der Waals surface area contributed by atoms with Crippen molar-refractivity contribution in [2.75, 3.05) is 5.32 Å². The molecule has 0 bridgehead atoms. The minimum absolute atomic E-state index is 0.0280. The normalized spacial score (nSPS) is 11.7. The van der Waals surface area contributed by atoms with Crippen LogP contribution < -0.4 is 5.32 Å². The highest BCUT2D eigenvalue weighted by Crippen LogP contribution is 2.30. The van der Waals surface area contributed by atoms with Gasteiger partial charge in [0.25, 0.3) is 0 Å². The summed E-state index contributed by atoms with van der Waals surface area (Å²) in [5.74, 6) is -1.02. The first kappa shape index (κ1) is 22.7. The molecule has 1 aromatic carbocycles. The lowest BCUT2D eigenvalue weighted by atomic mass is 10.1. The molecule has 0 fully saturated rings. The number of nitriles is 1. The van der Waals surface area contributed by atoms with E-state index in [0.29, 0.717) is 22.9 Å². The second kappa shape index (κ2) is 10.3. The minimum Gasteiger partial charge on any atom is -0.478 e. The summed E-state index contributed by atoms with van der Waals surface area (Å²) in [5.41, 5.74) is 1.55. The molecule has 1 unspecified atom stereocenters. The molecule has 1 atom stereocenters. The van der Waals surface area contributed by atoms with E-state index in [1.165, 1.54) is 30.0 Å². The first-order valence-corrected chi connectivity index (χ1v) is 10.4. The van der Waals surface area contributed by atoms with Crippen molar-refractivity contribution < 1.29 is 14.7 Å². The zero-order valence-electron chi connectivity index (χ0n) is 16.4. The summed E-state index contributed by atoms with van der Waals surface area (Å²) in [6.07, 6.45) is 1.27. The predicted molar refractivity (Wildman–Crippen MR) is 114 cm³/mol. The third-order valence-electron chi connectivity index (χ3n) is 4.04. The van der Waals surface area contributed by atoms with Crippen LogP contribution in [0.2, 0.25) is 5.02 Å². The molecule has 6 nitrogen and oxygen atoms in total. The zero-order valence-corrected chi connectivity index (χ0v) is 18.0. The molecular weight excluding hydrogens is 410 g/mol. The number of rotatable bonds is 8. The van der Waals surface area contributed by atoms with Crippen LogP contribution in [0.15, 0.2) is 35.4 Å². The molecule has 0 saturated carbocycles. The van der Waals surface area contributed by atoms with Gasteiger partial charge >= 0.3 is 5.97 Å². The van der Waals surface area contributed by atoms with Gasteiger partial charge in [-0.15, -0.1) is 0 Å². The Labute approximate surface area is 179 Å². The fraction of sp³-hybridized carbons (Fsp3) is 0.333. The molecule has 0 spiro atoms. The summed E-state index contributed by atoms with van der Waals surface area (Å²) >= 11 is 7.32. The molecule has 0 aliphatic carbocycles. The van der Waals surface area contributed by atoms with Crippen molar-refractivity contribution in [3.05, 3.63) is 52.2 Å². The number of benzene rings is 1. The molecule has 2 aromatic rings. The average molecular weight is 432 g/mol. The van der Waals surface area contributed by atoms with Crippen molar-refractivity contribution in [3.63, 3.8) is 0 Å². The van der Waals surface area contributed by atoms with E-state index < -0.39 is 11.2 Å². The van der Waals surface area contributed by atoms with Crippen LogP contribution in [-0.2, 0) is 11.2 Å². The molecule has 152 valence electrons. The molecule has 1 aromatic heterocycles. The quantitative estimate of drug-likeness (QED) is 0.569. The Morgan fingerprint density at radius 2 is 2.03 bits per heavy atom. The molecule has 0 radical (unpaired) electrons. The number of thioether (sulfide) groups is 1. The molecule has 2 rings (SSSR count). The van der Waals surface area contributed by atoms with Gasteiger partial charge in [-0.1, -0.05) is 44.1 Å². The highest BCUT2D eigenvalue weighted by Gasteiger charge is 2.22. The largest absolute Gasteiger partial charge is 0.478 e. The third-order valence-corrected chi connectivity index (χ3v) is 5.74. The van der Waals surface area contributed by atoms with Crippen LogP contribution in [-0.4, -0.2) is 27.2 Å². The van der Waals surface area contributed by atoms with Crippen molar-refractivity contribution in [2.45, 2.75) is 43.9 Å². The van der Waals surface area contributed by atoms with Crippen LogP contribution in [0.25, 0.3) is 0 Å². The van der Waals surface area contributed by atoms with E-state index in [1.807, 2.05) is 13.0 Å². The maximum absolute atomic E-state index is 12.8. The summed E-state index contributed by atoms with van der Waals surface area (Å²) < 4.78 is 0. The van der Waals surface area contributed by atoms with Crippen molar-refractivity contribution in [1.82, 2.24) is 4.98 Å². The monoisotopic (exact) mass is 431 g/mol. The lowest BCUT2D eigenvalue weighted by Gasteiger charge is -2.16. The number of hydrogen-bond donors (Lipinski definition) is 2. The van der Waals surface area contributed by atoms with Crippen LogP contribution in [0, 0.1) is 17.2 Å². The Morgan fingerprint density at radius 1 is 1.31 bits per heavy atom. The van der Waals surface area contributed by atoms with Gasteiger partial charge in [0.1, 0.15) is 11.1 Å². The fourth-order valence-electron chi connectivity index (χ4n) is 2.61. The SMILES string of the molecule is CCC(Sc1nc(CC(C)C)ccc1C#N)C(=O)Nc1cc(C(=O)O)ccc1Cl. The smallest absolute Gasteiger partial charge is 0.335 e. The Hall–Kier alpha value is -2.56. The summed E-state index contributed by atoms with van der Waals surface area (Å²) in [4.78, 5) is 28.5. The number of pyridine rings is 1. The number of carbonyl (C=O) groups excluding carboxylic acids is 1. The fourth-order valence-corrected chi connectivity index (χ4v) is 3.79. The number of carbonyl (C=O) groups is 2. The number of halogens is 1. The van der Waals surface area contributed by atoms with Gasteiger partial charge in [-0.3, -0.25) is 4.79 Å². The number of nitrogens with zero attached hydrogens (tertiary/aromatic N) is 2. The summed E-state index contributed by atoms with van der Waals surface area (Å²) in [7, 11) is 0. The first-order chi connectivity index (χ1) is 13.7. The van der Waals surface area contributed by atoms with Crippen LogP contribution in [0.1, 0.15) is 48.8 Å². The van der Waals surface area contributed by atoms with E-state index in [9.17, 15) is 14.9 Å². The van der Waals surface area contributed by atoms with Gasteiger partial charge in [0, 0.05) is 5.69 Å². The first-order valence-electron chi connectivity index (χ1n) is 9.15. The number of amides is 1. The predicted octanol–water partition coefficient (Wildman–Crippen LogP) is 5.01. The van der Waals surface area contributed by atoms with Crippen LogP contribution in [0.3, 0.4) is 0 Å². The molecular formula is C21H22ClN3O3S. The van der Waals surface area contributed by atoms with Gasteiger partial charge in [-0.25, -0.2) is 9.78 Å². The molecule has 0 aliphatic rings. The highest BCUT2D eigenvalue weighted by atomic mass is 35.5. The maximum atomic E-state index is 12.8. The molecule has 2 N–H and O–H groups in total. The number of hydrogen-bond acceptors (Lipinski definition) is 5. The zero-order chi connectivity index (χ0) is 21.6. The topological polar surface area (TPSA) is 103 Å². The van der Waals surface area contributed by atoms with E-state index >= 15 is 0 Å². The molecule has 29 heavy (non-hydrogen) atoms. The van der Waals surface area contributed by atoms with Crippen molar-refractivity contribution in [2.24, 2.45) is 5.92 Å². The van der Waals surface area contributed by atoms with Crippen molar-refractivity contribution >= 4 is 40.9 Å². The molecule has 0 aliphatic heterocycles. The standard InChI is InChI=1S/C21H22ClN3O3S/c1-4-18(19(26)25-17-10-13(21(27)28)6-8-16(17)22)29-20-14(11-23)5-7-15(24-20)9-12(2)3/h5-8,10,12,18H,4,9H2,1-3H3,(H,25,26)(H,27,28). The lowest BCUT2D eigenvalue weighted by molar-refractivity contribution is -0.115. The summed E-state index contributed by atoms with van der Waals surface area (Å²) in [6, 6.07) is 9.81. The van der Waals surface area contributed by atoms with Crippen LogP contribution in [0.4, 0.5) is 5.69 Å². The Kier molecular flexibility index (Phi) is 8.06. The summed E-state index contributed by atoms with van der Waals surface area (Å²) in [5, 5.41) is 21.5. The molecule has 0 saturated heterocycles. The maximum Gasteiger partial charge on any atom is 0.335 e. The Bertz CT molecular complexity index is 957. The van der Waals surface area contributed by atoms with Gasteiger partial charge in [-0.2, -0.15) is 5.26 Å². The molecule has 1 amide bonds. The van der Waals surface area contributed by atoms with Gasteiger partial charge in [-0.05, 0) is 49.1 Å². The van der Waals surface area contributed by atoms with Crippen molar-refractivity contribution in [1.29, 1.82) is 5.26 Å². The van der Waals surface area contributed by atoms with E-state index in [2.05, 4.69) is 30.2 Å². The van der Waals surface area contributed by atoms with Crippen LogP contribution in [0.5, 0.6) is 0 Å². The Balaban J connectivity index is 2.24. The average Bonchev–Trinajstić information content (AvgIpc) is 2.67. The van der Waals surface area contributed by atoms with Gasteiger partial charge < -0.3 is 10.4 Å². The van der Waals surface area contributed by atoms with Crippen molar-refractivity contribution in [3.8, 4) is 6.07 Å². The van der Waals surface area contributed by atoms with Gasteiger partial charge in [0.05, 0.1) is 27.1 Å². The number of anilines is 1. The lowest BCUT2D eigenvalue weighted by Crippen LogP contribution is -2.25. The van der Waals surface area contributed by atoms with E-state index in [0.717, 1.165) is 12.1 Å². The highest BCUT2D eigenvalue weighted by molar-refractivity contribution is 8.00.